The third-order valence-electron chi connectivity index (χ3n) is 6.83. The van der Waals surface area contributed by atoms with Gasteiger partial charge in [-0.2, -0.15) is 0 Å². The van der Waals surface area contributed by atoms with Gasteiger partial charge >= 0.3 is 0 Å². The number of aliphatic hydroxyl groups excluding tert-OH is 1. The standard InChI is InChI=1S/C27H39NO5Si/c1-25(2,3)34(18-14-10-8-11-15-18,19-16-12-9-13-17-19)33-24-22-20(31-27(6,7)32-22)21(30-24)23(29)26(4,5)28/h8-17,20-24,29H,28H2,1-7H3/t20-,21-,22-,23?,24+/m0/s1. The number of rotatable bonds is 6. The van der Waals surface area contributed by atoms with Gasteiger partial charge in [0.05, 0.1) is 0 Å². The maximum absolute atomic E-state index is 11.1. The third-order valence-corrected chi connectivity index (χ3v) is 11.8. The van der Waals surface area contributed by atoms with E-state index in [9.17, 15) is 5.11 Å². The molecule has 3 N–H and O–H groups in total. The molecule has 7 heteroatoms. The largest absolute Gasteiger partial charge is 0.388 e. The number of hydrogen-bond acceptors (Lipinski definition) is 6. The zero-order valence-corrected chi connectivity index (χ0v) is 22.3. The Balaban J connectivity index is 1.82. The van der Waals surface area contributed by atoms with Crippen molar-refractivity contribution in [2.24, 2.45) is 5.73 Å². The van der Waals surface area contributed by atoms with Crippen molar-refractivity contribution in [1.29, 1.82) is 0 Å². The molecule has 0 amide bonds. The Hall–Kier alpha value is -1.58. The summed E-state index contributed by atoms with van der Waals surface area (Å²) in [4.78, 5) is 0. The predicted molar refractivity (Wildman–Crippen MR) is 135 cm³/mol. The van der Waals surface area contributed by atoms with Crippen LogP contribution in [0.1, 0.15) is 48.5 Å². The van der Waals surface area contributed by atoms with E-state index in [4.69, 9.17) is 24.4 Å². The van der Waals surface area contributed by atoms with E-state index in [-0.39, 0.29) is 5.04 Å². The van der Waals surface area contributed by atoms with Gasteiger partial charge in [-0.05, 0) is 43.1 Å². The van der Waals surface area contributed by atoms with Crippen molar-refractivity contribution in [2.45, 2.75) is 95.5 Å². The SMILES string of the molecule is CC1(C)O[C@@H]2[C@@H](O[Si](c3ccccc3)(c3ccccc3)C(C)(C)C)O[C@H](C(O)C(C)(C)N)[C@@H]2O1. The average molecular weight is 486 g/mol. The van der Waals surface area contributed by atoms with Crippen molar-refractivity contribution < 1.29 is 23.7 Å². The van der Waals surface area contributed by atoms with Crippen molar-refractivity contribution in [3.63, 3.8) is 0 Å². The van der Waals surface area contributed by atoms with Crippen LogP contribution in [0.25, 0.3) is 0 Å². The first-order valence-corrected chi connectivity index (χ1v) is 13.9. The summed E-state index contributed by atoms with van der Waals surface area (Å²) in [5, 5.41) is 13.2. The fourth-order valence-electron chi connectivity index (χ4n) is 5.23. The van der Waals surface area contributed by atoms with E-state index in [1.165, 1.54) is 0 Å². The van der Waals surface area contributed by atoms with Gasteiger partial charge in [0, 0.05) is 5.54 Å². The maximum Gasteiger partial charge on any atom is 0.264 e. The van der Waals surface area contributed by atoms with Crippen molar-refractivity contribution in [3.8, 4) is 0 Å². The Bertz CT molecular complexity index is 931. The fourth-order valence-corrected chi connectivity index (χ4v) is 9.78. The molecule has 2 heterocycles. The molecule has 1 unspecified atom stereocenters. The highest BCUT2D eigenvalue weighted by Gasteiger charge is 2.62. The number of ether oxygens (including phenoxy) is 3. The summed E-state index contributed by atoms with van der Waals surface area (Å²) in [7, 11) is -2.90. The highest BCUT2D eigenvalue weighted by atomic mass is 28.4. The molecule has 0 saturated carbocycles. The first-order valence-electron chi connectivity index (χ1n) is 12.0. The molecule has 186 valence electrons. The highest BCUT2D eigenvalue weighted by molar-refractivity contribution is 6.99. The third kappa shape index (κ3) is 4.51. The zero-order valence-electron chi connectivity index (χ0n) is 21.3. The smallest absolute Gasteiger partial charge is 0.264 e. The van der Waals surface area contributed by atoms with Crippen LogP contribution in [0.15, 0.2) is 60.7 Å². The molecule has 34 heavy (non-hydrogen) atoms. The summed E-state index contributed by atoms with van der Waals surface area (Å²) >= 11 is 0. The number of benzene rings is 2. The Morgan fingerprint density at radius 2 is 1.35 bits per heavy atom. The first-order chi connectivity index (χ1) is 15.8. The second kappa shape index (κ2) is 8.82. The lowest BCUT2D eigenvalue weighted by Gasteiger charge is -2.45. The number of fused-ring (bicyclic) bond motifs is 1. The summed E-state index contributed by atoms with van der Waals surface area (Å²) in [6, 6.07) is 20.8. The lowest BCUT2D eigenvalue weighted by Crippen LogP contribution is -2.68. The summed E-state index contributed by atoms with van der Waals surface area (Å²) in [5.41, 5.74) is 5.40. The van der Waals surface area contributed by atoms with E-state index in [0.717, 1.165) is 10.4 Å². The Morgan fingerprint density at radius 1 is 0.882 bits per heavy atom. The van der Waals surface area contributed by atoms with Crippen LogP contribution in [0.2, 0.25) is 5.04 Å². The van der Waals surface area contributed by atoms with E-state index < -0.39 is 50.3 Å². The van der Waals surface area contributed by atoms with Gasteiger partial charge in [-0.25, -0.2) is 0 Å². The highest BCUT2D eigenvalue weighted by Crippen LogP contribution is 2.45. The molecular weight excluding hydrogens is 446 g/mol. The quantitative estimate of drug-likeness (QED) is 0.612. The van der Waals surface area contributed by atoms with E-state index in [1.807, 2.05) is 26.0 Å². The Kier molecular flexibility index (Phi) is 6.61. The molecule has 2 aliphatic rings. The Labute approximate surface area is 204 Å². The summed E-state index contributed by atoms with van der Waals surface area (Å²) in [6.45, 7) is 14.0. The summed E-state index contributed by atoms with van der Waals surface area (Å²) in [5.74, 6) is -0.817. The Morgan fingerprint density at radius 3 is 1.79 bits per heavy atom. The molecule has 0 spiro atoms. The molecule has 0 aromatic heterocycles. The monoisotopic (exact) mass is 485 g/mol. The van der Waals surface area contributed by atoms with Crippen LogP contribution in [0, 0.1) is 0 Å². The van der Waals surface area contributed by atoms with Crippen molar-refractivity contribution in [2.75, 3.05) is 0 Å². The van der Waals surface area contributed by atoms with Crippen LogP contribution < -0.4 is 16.1 Å². The van der Waals surface area contributed by atoms with Gasteiger partial charge < -0.3 is 29.5 Å². The van der Waals surface area contributed by atoms with Crippen molar-refractivity contribution >= 4 is 18.7 Å². The molecule has 4 rings (SSSR count). The fraction of sp³-hybridized carbons (Fsp3) is 0.556. The molecule has 5 atom stereocenters. The van der Waals surface area contributed by atoms with E-state index in [1.54, 1.807) is 13.8 Å². The average Bonchev–Trinajstić information content (AvgIpc) is 3.24. The topological polar surface area (TPSA) is 83.2 Å². The molecule has 6 nitrogen and oxygen atoms in total. The van der Waals surface area contributed by atoms with Gasteiger partial charge in [0.25, 0.3) is 8.32 Å². The van der Waals surface area contributed by atoms with Crippen LogP contribution in [0.5, 0.6) is 0 Å². The second-order valence-electron chi connectivity index (χ2n) is 11.6. The van der Waals surface area contributed by atoms with Crippen LogP contribution >= 0.6 is 0 Å². The number of aliphatic hydroxyl groups is 1. The molecule has 2 aromatic carbocycles. The van der Waals surface area contributed by atoms with E-state index in [2.05, 4.69) is 69.3 Å². The maximum atomic E-state index is 11.1. The van der Waals surface area contributed by atoms with Crippen LogP contribution in [0.4, 0.5) is 0 Å². The minimum Gasteiger partial charge on any atom is -0.388 e. The number of hydrogen-bond donors (Lipinski definition) is 2. The van der Waals surface area contributed by atoms with Gasteiger partial charge in [0.1, 0.15) is 24.4 Å². The zero-order chi connectivity index (χ0) is 24.9. The summed E-state index contributed by atoms with van der Waals surface area (Å²) < 4.78 is 26.2. The second-order valence-corrected chi connectivity index (χ2v) is 15.8. The molecule has 2 saturated heterocycles. The van der Waals surface area contributed by atoms with Gasteiger partial charge in [-0.3, -0.25) is 0 Å². The van der Waals surface area contributed by atoms with Crippen LogP contribution in [-0.2, 0) is 18.6 Å². The minimum atomic E-state index is -2.90. The van der Waals surface area contributed by atoms with Crippen LogP contribution in [-0.4, -0.2) is 55.5 Å². The van der Waals surface area contributed by atoms with Gasteiger partial charge in [0.2, 0.25) is 0 Å². The first kappa shape index (κ1) is 25.5. The predicted octanol–water partition coefficient (Wildman–Crippen LogP) is 2.91. The molecule has 0 bridgehead atoms. The lowest BCUT2D eigenvalue weighted by molar-refractivity contribution is -0.229. The minimum absolute atomic E-state index is 0.229. The normalized spacial score (nSPS) is 28.0. The van der Waals surface area contributed by atoms with Gasteiger partial charge in [0.15, 0.2) is 12.1 Å². The molecule has 0 aliphatic carbocycles. The van der Waals surface area contributed by atoms with Gasteiger partial charge in [-0.15, -0.1) is 0 Å². The van der Waals surface area contributed by atoms with Crippen molar-refractivity contribution in [3.05, 3.63) is 60.7 Å². The molecule has 2 fully saturated rings. The molecule has 2 aliphatic heterocycles. The van der Waals surface area contributed by atoms with Gasteiger partial charge in [-0.1, -0.05) is 81.4 Å². The lowest BCUT2D eigenvalue weighted by atomic mass is 9.91. The van der Waals surface area contributed by atoms with Crippen molar-refractivity contribution in [1.82, 2.24) is 0 Å². The van der Waals surface area contributed by atoms with E-state index in [0.29, 0.717) is 0 Å². The van der Waals surface area contributed by atoms with Crippen LogP contribution in [0.3, 0.4) is 0 Å². The summed E-state index contributed by atoms with van der Waals surface area (Å²) in [6.07, 6.45) is -3.32. The molecule has 2 aromatic rings. The number of nitrogens with two attached hydrogens (primary N) is 1. The molecule has 0 radical (unpaired) electrons. The molecular formula is C27H39NO5Si. The van der Waals surface area contributed by atoms with E-state index >= 15 is 0 Å².